The monoisotopic (exact) mass is 223 g/mol. The summed E-state index contributed by atoms with van der Waals surface area (Å²) in [5, 5.41) is 1.02. The average molecular weight is 224 g/mol. The number of benzene rings is 1. The summed E-state index contributed by atoms with van der Waals surface area (Å²) >= 11 is 5.77. The number of hydrogen-bond donors (Lipinski definition) is 1. The predicted molar refractivity (Wildman–Crippen MR) is 59.1 cm³/mol. The van der Waals surface area contributed by atoms with E-state index in [0.717, 1.165) is 10.9 Å². The molecular formula is C10H10ClN3O. The van der Waals surface area contributed by atoms with Crippen molar-refractivity contribution in [2.24, 2.45) is 5.73 Å². The van der Waals surface area contributed by atoms with Crippen molar-refractivity contribution in [3.8, 4) is 5.88 Å². The summed E-state index contributed by atoms with van der Waals surface area (Å²) in [6.07, 6.45) is 0. The summed E-state index contributed by atoms with van der Waals surface area (Å²) in [6, 6.07) is 7.53. The molecule has 2 N–H and O–H groups in total. The van der Waals surface area contributed by atoms with Gasteiger partial charge in [0.15, 0.2) is 0 Å². The van der Waals surface area contributed by atoms with Crippen molar-refractivity contribution in [3.63, 3.8) is 0 Å². The molecule has 4 nitrogen and oxygen atoms in total. The van der Waals surface area contributed by atoms with Crippen LogP contribution in [0.25, 0.3) is 10.9 Å². The van der Waals surface area contributed by atoms with Crippen LogP contribution in [0, 0.1) is 0 Å². The van der Waals surface area contributed by atoms with Gasteiger partial charge in [0.2, 0.25) is 11.2 Å². The second kappa shape index (κ2) is 4.42. The summed E-state index contributed by atoms with van der Waals surface area (Å²) in [6.45, 7) is 0.854. The fourth-order valence-corrected chi connectivity index (χ4v) is 1.45. The van der Waals surface area contributed by atoms with Crippen molar-refractivity contribution in [2.75, 3.05) is 13.2 Å². The topological polar surface area (TPSA) is 61.0 Å². The lowest BCUT2D eigenvalue weighted by atomic mass is 10.2. The molecule has 0 aliphatic heterocycles. The van der Waals surface area contributed by atoms with Crippen LogP contribution in [-0.2, 0) is 0 Å². The quantitative estimate of drug-likeness (QED) is 0.804. The molecule has 1 heterocycles. The summed E-state index contributed by atoms with van der Waals surface area (Å²) in [5.41, 5.74) is 6.13. The maximum Gasteiger partial charge on any atom is 0.226 e. The van der Waals surface area contributed by atoms with Gasteiger partial charge in [0.1, 0.15) is 6.61 Å². The SMILES string of the molecule is NCCOc1nc(Cl)nc2ccccc12. The normalized spacial score (nSPS) is 10.5. The third-order valence-electron chi connectivity index (χ3n) is 1.90. The van der Waals surface area contributed by atoms with E-state index in [9.17, 15) is 0 Å². The minimum absolute atomic E-state index is 0.181. The molecule has 78 valence electrons. The largest absolute Gasteiger partial charge is 0.476 e. The van der Waals surface area contributed by atoms with Crippen LogP contribution in [0.1, 0.15) is 0 Å². The first-order chi connectivity index (χ1) is 7.31. The van der Waals surface area contributed by atoms with Crippen LogP contribution >= 0.6 is 11.6 Å². The molecule has 2 aromatic rings. The highest BCUT2D eigenvalue weighted by atomic mass is 35.5. The van der Waals surface area contributed by atoms with E-state index in [0.29, 0.717) is 19.0 Å². The van der Waals surface area contributed by atoms with Gasteiger partial charge in [-0.1, -0.05) is 12.1 Å². The number of para-hydroxylation sites is 1. The van der Waals surface area contributed by atoms with E-state index in [1.165, 1.54) is 0 Å². The lowest BCUT2D eigenvalue weighted by molar-refractivity contribution is 0.319. The Bertz CT molecular complexity index is 475. The van der Waals surface area contributed by atoms with Crippen LogP contribution in [0.4, 0.5) is 0 Å². The van der Waals surface area contributed by atoms with Gasteiger partial charge in [-0.25, -0.2) is 4.98 Å². The van der Waals surface area contributed by atoms with Crippen molar-refractivity contribution < 1.29 is 4.74 Å². The Morgan fingerprint density at radius 1 is 1.27 bits per heavy atom. The number of nitrogens with two attached hydrogens (primary N) is 1. The van der Waals surface area contributed by atoms with Crippen molar-refractivity contribution in [3.05, 3.63) is 29.5 Å². The molecule has 1 aromatic heterocycles. The lowest BCUT2D eigenvalue weighted by Gasteiger charge is -2.06. The number of nitrogens with zero attached hydrogens (tertiary/aromatic N) is 2. The molecule has 0 unspecified atom stereocenters. The van der Waals surface area contributed by atoms with Gasteiger partial charge in [-0.05, 0) is 23.7 Å². The van der Waals surface area contributed by atoms with Gasteiger partial charge in [0, 0.05) is 6.54 Å². The van der Waals surface area contributed by atoms with Crippen LogP contribution in [0.3, 0.4) is 0 Å². The van der Waals surface area contributed by atoms with Gasteiger partial charge in [-0.15, -0.1) is 0 Å². The van der Waals surface area contributed by atoms with Gasteiger partial charge in [-0.3, -0.25) is 0 Å². The molecule has 5 heteroatoms. The van der Waals surface area contributed by atoms with Crippen LogP contribution in [0.5, 0.6) is 5.88 Å². The molecule has 0 spiro atoms. The van der Waals surface area contributed by atoms with Crippen molar-refractivity contribution in [2.45, 2.75) is 0 Å². The second-order valence-corrected chi connectivity index (χ2v) is 3.29. The molecular weight excluding hydrogens is 214 g/mol. The van der Waals surface area contributed by atoms with E-state index in [2.05, 4.69) is 9.97 Å². The third kappa shape index (κ3) is 2.16. The number of aromatic nitrogens is 2. The molecule has 0 aliphatic carbocycles. The number of fused-ring (bicyclic) bond motifs is 1. The fourth-order valence-electron chi connectivity index (χ4n) is 1.29. The summed E-state index contributed by atoms with van der Waals surface area (Å²) in [5.74, 6) is 0.482. The maximum atomic E-state index is 5.77. The van der Waals surface area contributed by atoms with Gasteiger partial charge >= 0.3 is 0 Å². The highest BCUT2D eigenvalue weighted by molar-refractivity contribution is 6.28. The van der Waals surface area contributed by atoms with E-state index in [-0.39, 0.29) is 5.28 Å². The molecule has 1 aromatic carbocycles. The molecule has 0 saturated heterocycles. The summed E-state index contributed by atoms with van der Waals surface area (Å²) in [4.78, 5) is 8.10. The van der Waals surface area contributed by atoms with E-state index >= 15 is 0 Å². The van der Waals surface area contributed by atoms with Crippen LogP contribution in [0.15, 0.2) is 24.3 Å². The molecule has 0 bridgehead atoms. The van der Waals surface area contributed by atoms with Crippen molar-refractivity contribution in [1.82, 2.24) is 9.97 Å². The molecule has 0 aliphatic rings. The molecule has 0 amide bonds. The number of rotatable bonds is 3. The zero-order valence-electron chi connectivity index (χ0n) is 7.98. The molecule has 0 fully saturated rings. The van der Waals surface area contributed by atoms with E-state index in [1.807, 2.05) is 24.3 Å². The minimum atomic E-state index is 0.181. The first kappa shape index (κ1) is 10.1. The average Bonchev–Trinajstić information content (AvgIpc) is 2.25. The first-order valence-corrected chi connectivity index (χ1v) is 4.94. The lowest BCUT2D eigenvalue weighted by Crippen LogP contribution is -2.11. The van der Waals surface area contributed by atoms with Crippen LogP contribution < -0.4 is 10.5 Å². The van der Waals surface area contributed by atoms with Crippen molar-refractivity contribution in [1.29, 1.82) is 0 Å². The Kier molecular flexibility index (Phi) is 2.99. The molecule has 0 atom stereocenters. The van der Waals surface area contributed by atoms with Crippen LogP contribution in [-0.4, -0.2) is 23.1 Å². The Balaban J connectivity index is 2.50. The van der Waals surface area contributed by atoms with Gasteiger partial charge < -0.3 is 10.5 Å². The van der Waals surface area contributed by atoms with Crippen molar-refractivity contribution >= 4 is 22.5 Å². The molecule has 0 radical (unpaired) electrons. The Labute approximate surface area is 92.0 Å². The highest BCUT2D eigenvalue weighted by Gasteiger charge is 2.06. The smallest absolute Gasteiger partial charge is 0.226 e. The Hall–Kier alpha value is -1.39. The van der Waals surface area contributed by atoms with E-state index in [1.54, 1.807) is 0 Å². The summed E-state index contributed by atoms with van der Waals surface area (Å²) in [7, 11) is 0. The number of halogens is 1. The standard InChI is InChI=1S/C10H10ClN3O/c11-10-13-8-4-2-1-3-7(8)9(14-10)15-6-5-12/h1-4H,5-6,12H2. The van der Waals surface area contributed by atoms with Gasteiger partial charge in [0.05, 0.1) is 10.9 Å². The zero-order valence-corrected chi connectivity index (χ0v) is 8.74. The van der Waals surface area contributed by atoms with Gasteiger partial charge in [0.25, 0.3) is 0 Å². The Morgan fingerprint density at radius 3 is 2.87 bits per heavy atom. The number of hydrogen-bond acceptors (Lipinski definition) is 4. The molecule has 0 saturated carbocycles. The molecule has 15 heavy (non-hydrogen) atoms. The van der Waals surface area contributed by atoms with Crippen LogP contribution in [0.2, 0.25) is 5.28 Å². The predicted octanol–water partition coefficient (Wildman–Crippen LogP) is 1.62. The Morgan fingerprint density at radius 2 is 2.07 bits per heavy atom. The number of ether oxygens (including phenoxy) is 1. The third-order valence-corrected chi connectivity index (χ3v) is 2.07. The minimum Gasteiger partial charge on any atom is -0.476 e. The highest BCUT2D eigenvalue weighted by Crippen LogP contribution is 2.23. The summed E-state index contributed by atoms with van der Waals surface area (Å²) < 4.78 is 5.39. The molecule has 2 rings (SSSR count). The first-order valence-electron chi connectivity index (χ1n) is 4.56. The van der Waals surface area contributed by atoms with Gasteiger partial charge in [-0.2, -0.15) is 4.98 Å². The second-order valence-electron chi connectivity index (χ2n) is 2.95. The zero-order chi connectivity index (χ0) is 10.7. The fraction of sp³-hybridized carbons (Fsp3) is 0.200. The van der Waals surface area contributed by atoms with E-state index < -0.39 is 0 Å². The maximum absolute atomic E-state index is 5.77. The van der Waals surface area contributed by atoms with E-state index in [4.69, 9.17) is 22.1 Å².